The monoisotopic (exact) mass is 190 g/mol. The Kier molecular flexibility index (Phi) is 1.92. The maximum atomic E-state index is 5.91. The minimum atomic E-state index is -1.43. The first-order valence-corrected chi connectivity index (χ1v) is 8.43. The molecule has 0 spiro atoms. The van der Waals surface area contributed by atoms with Crippen molar-refractivity contribution in [1.82, 2.24) is 0 Å². The Bertz CT molecular complexity index is 154. The van der Waals surface area contributed by atoms with Crippen LogP contribution in [0, 0.1) is 0 Å². The van der Waals surface area contributed by atoms with Crippen molar-refractivity contribution in [2.45, 2.75) is 24.5 Å². The van der Waals surface area contributed by atoms with E-state index in [0.29, 0.717) is 11.5 Å². The molecule has 0 aromatic heterocycles. The second-order valence-corrected chi connectivity index (χ2v) is 9.94. The molecule has 0 radical (unpaired) electrons. The van der Waals surface area contributed by atoms with Gasteiger partial charge >= 0.3 is 0 Å². The van der Waals surface area contributed by atoms with Crippen molar-refractivity contribution in [2.75, 3.05) is 13.2 Å². The van der Waals surface area contributed by atoms with E-state index in [2.05, 4.69) is 13.1 Å². The zero-order valence-electron chi connectivity index (χ0n) is 7.00. The van der Waals surface area contributed by atoms with Gasteiger partial charge in [-0.1, -0.05) is 0 Å². The summed E-state index contributed by atoms with van der Waals surface area (Å²) in [6, 6.07) is 0. The Balaban J connectivity index is 1.72. The third-order valence-electron chi connectivity index (χ3n) is 2.15. The van der Waals surface area contributed by atoms with E-state index in [-0.39, 0.29) is 0 Å². The molecule has 2 aliphatic heterocycles. The summed E-state index contributed by atoms with van der Waals surface area (Å²) < 4.78 is 16.3. The lowest BCUT2D eigenvalue weighted by Crippen LogP contribution is -2.40. The van der Waals surface area contributed by atoms with Crippen LogP contribution < -0.4 is 0 Å². The van der Waals surface area contributed by atoms with E-state index >= 15 is 0 Å². The first-order valence-electron chi connectivity index (χ1n) is 4.05. The van der Waals surface area contributed by atoms with Gasteiger partial charge in [0.1, 0.15) is 0 Å². The van der Waals surface area contributed by atoms with Crippen LogP contribution >= 0.6 is 0 Å². The van der Waals surface area contributed by atoms with Crippen molar-refractivity contribution in [1.29, 1.82) is 0 Å². The van der Waals surface area contributed by atoms with Crippen LogP contribution in [0.25, 0.3) is 0 Å². The SMILES string of the molecule is C[Si](C)(O[SiH2]C1CO1)C1CO1. The van der Waals surface area contributed by atoms with Crippen LogP contribution in [-0.4, -0.2) is 42.7 Å². The van der Waals surface area contributed by atoms with Gasteiger partial charge in [-0.05, 0) is 13.1 Å². The molecule has 0 aromatic rings. The van der Waals surface area contributed by atoms with Crippen LogP contribution in [-0.2, 0) is 13.6 Å². The van der Waals surface area contributed by atoms with Crippen molar-refractivity contribution in [3.63, 3.8) is 0 Å². The Hall–Kier alpha value is 0.314. The van der Waals surface area contributed by atoms with E-state index in [4.69, 9.17) is 13.6 Å². The minimum Gasteiger partial charge on any atom is -0.457 e. The molecule has 5 heteroatoms. The van der Waals surface area contributed by atoms with Gasteiger partial charge in [-0.2, -0.15) is 0 Å². The van der Waals surface area contributed by atoms with Crippen LogP contribution in [0.15, 0.2) is 0 Å². The predicted octanol–water partition coefficient (Wildman–Crippen LogP) is -0.414. The highest BCUT2D eigenvalue weighted by Crippen LogP contribution is 2.24. The topological polar surface area (TPSA) is 34.3 Å². The van der Waals surface area contributed by atoms with Crippen LogP contribution in [0.2, 0.25) is 13.1 Å². The van der Waals surface area contributed by atoms with Gasteiger partial charge in [-0.3, -0.25) is 0 Å². The number of rotatable bonds is 4. The highest BCUT2D eigenvalue weighted by Gasteiger charge is 2.44. The second kappa shape index (κ2) is 2.67. The standard InChI is InChI=1S/C6H14O3Si2/c1-11(2,6-4-8-6)9-10-5-3-7-5/h5-6H,3-4,10H2,1-2H3. The molecular weight excluding hydrogens is 176 g/mol. The molecule has 0 aromatic carbocycles. The average Bonchev–Trinajstić information content (AvgIpc) is 2.79. The Morgan fingerprint density at radius 3 is 2.45 bits per heavy atom. The van der Waals surface area contributed by atoms with Crippen molar-refractivity contribution in [2.24, 2.45) is 0 Å². The lowest BCUT2D eigenvalue weighted by atomic mass is 11.0. The van der Waals surface area contributed by atoms with Gasteiger partial charge in [0.15, 0.2) is 9.76 Å². The summed E-state index contributed by atoms with van der Waals surface area (Å²) >= 11 is 0. The van der Waals surface area contributed by atoms with Crippen molar-refractivity contribution in [3.05, 3.63) is 0 Å². The molecule has 2 heterocycles. The van der Waals surface area contributed by atoms with Crippen molar-refractivity contribution < 1.29 is 13.6 Å². The smallest absolute Gasteiger partial charge is 0.205 e. The van der Waals surface area contributed by atoms with Crippen molar-refractivity contribution >= 4 is 18.1 Å². The summed E-state index contributed by atoms with van der Waals surface area (Å²) in [5, 5.41) is 0. The summed E-state index contributed by atoms with van der Waals surface area (Å²) in [7, 11) is -1.82. The summed E-state index contributed by atoms with van der Waals surface area (Å²) in [6.45, 7) is 6.35. The number of ether oxygens (including phenoxy) is 2. The Morgan fingerprint density at radius 1 is 1.36 bits per heavy atom. The molecule has 2 unspecified atom stereocenters. The van der Waals surface area contributed by atoms with E-state index in [9.17, 15) is 0 Å². The average molecular weight is 190 g/mol. The first-order chi connectivity index (χ1) is 5.18. The molecule has 0 bridgehead atoms. The fourth-order valence-corrected chi connectivity index (χ4v) is 5.45. The van der Waals surface area contributed by atoms with E-state index in [1.165, 1.54) is 0 Å². The van der Waals surface area contributed by atoms with Crippen LogP contribution in [0.3, 0.4) is 0 Å². The quantitative estimate of drug-likeness (QED) is 0.446. The molecule has 2 atom stereocenters. The molecule has 2 saturated heterocycles. The molecule has 11 heavy (non-hydrogen) atoms. The fourth-order valence-electron chi connectivity index (χ4n) is 1.01. The van der Waals surface area contributed by atoms with Gasteiger partial charge in [-0.25, -0.2) is 0 Å². The summed E-state index contributed by atoms with van der Waals surface area (Å²) in [5.41, 5.74) is 1.01. The minimum absolute atomic E-state index is 0.390. The normalized spacial score (nSPS) is 36.5. The Morgan fingerprint density at radius 2 is 2.00 bits per heavy atom. The number of hydrogen-bond donors (Lipinski definition) is 0. The maximum absolute atomic E-state index is 5.91. The van der Waals surface area contributed by atoms with Crippen LogP contribution in [0.5, 0.6) is 0 Å². The summed E-state index contributed by atoms with van der Waals surface area (Å²) in [5.74, 6) is 0. The molecule has 2 aliphatic rings. The zero-order valence-corrected chi connectivity index (χ0v) is 9.41. The molecule has 2 rings (SSSR count). The molecule has 0 N–H and O–H groups in total. The van der Waals surface area contributed by atoms with E-state index < -0.39 is 18.1 Å². The first kappa shape index (κ1) is 7.94. The molecule has 2 fully saturated rings. The van der Waals surface area contributed by atoms with Gasteiger partial charge in [-0.15, -0.1) is 0 Å². The zero-order chi connectivity index (χ0) is 7.90. The van der Waals surface area contributed by atoms with Crippen LogP contribution in [0.1, 0.15) is 0 Å². The fraction of sp³-hybridized carbons (Fsp3) is 1.00. The molecule has 0 amide bonds. The third kappa shape index (κ3) is 2.13. The third-order valence-corrected chi connectivity index (χ3v) is 8.52. The van der Waals surface area contributed by atoms with E-state index in [1.54, 1.807) is 0 Å². The highest BCUT2D eigenvalue weighted by molar-refractivity contribution is 6.77. The van der Waals surface area contributed by atoms with Gasteiger partial charge in [0.05, 0.1) is 24.7 Å². The lowest BCUT2D eigenvalue weighted by Gasteiger charge is -2.19. The number of epoxide rings is 2. The van der Waals surface area contributed by atoms with Gasteiger partial charge in [0.25, 0.3) is 0 Å². The maximum Gasteiger partial charge on any atom is 0.205 e. The molecule has 0 aliphatic carbocycles. The van der Waals surface area contributed by atoms with Gasteiger partial charge < -0.3 is 13.6 Å². The highest BCUT2D eigenvalue weighted by atomic mass is 28.4. The van der Waals surface area contributed by atoms with Crippen molar-refractivity contribution in [3.8, 4) is 0 Å². The van der Waals surface area contributed by atoms with Gasteiger partial charge in [0.2, 0.25) is 8.32 Å². The van der Waals surface area contributed by atoms with Crippen LogP contribution in [0.4, 0.5) is 0 Å². The molecule has 0 saturated carbocycles. The molecule has 3 nitrogen and oxygen atoms in total. The Labute approximate surface area is 70.1 Å². The van der Waals surface area contributed by atoms with E-state index in [1.807, 2.05) is 0 Å². The van der Waals surface area contributed by atoms with E-state index in [0.717, 1.165) is 13.2 Å². The largest absolute Gasteiger partial charge is 0.457 e. The molecular formula is C6H14O3Si2. The number of hydrogen-bond acceptors (Lipinski definition) is 3. The second-order valence-electron chi connectivity index (χ2n) is 3.69. The summed E-state index contributed by atoms with van der Waals surface area (Å²) in [4.78, 5) is 0. The van der Waals surface area contributed by atoms with Gasteiger partial charge in [0, 0.05) is 0 Å². The predicted molar refractivity (Wildman–Crippen MR) is 46.6 cm³/mol. The summed E-state index contributed by atoms with van der Waals surface area (Å²) in [6.07, 6.45) is 0. The lowest BCUT2D eigenvalue weighted by molar-refractivity contribution is 0.415. The molecule has 64 valence electrons.